The summed E-state index contributed by atoms with van der Waals surface area (Å²) < 4.78 is 27.2. The number of ether oxygens (including phenoxy) is 4. The molecule has 0 aliphatic rings. The van der Waals surface area contributed by atoms with E-state index >= 15 is 0 Å². The van der Waals surface area contributed by atoms with Crippen molar-refractivity contribution in [3.8, 4) is 28.9 Å². The molecule has 0 unspecified atom stereocenters. The van der Waals surface area contributed by atoms with E-state index in [-0.39, 0.29) is 11.7 Å². The first kappa shape index (κ1) is 23.0. The number of methoxy groups -OCH3 is 3. The van der Waals surface area contributed by atoms with E-state index in [1.54, 1.807) is 43.4 Å². The summed E-state index contributed by atoms with van der Waals surface area (Å²) in [6.07, 6.45) is -0.670. The van der Waals surface area contributed by atoms with Crippen LogP contribution in [0.2, 0.25) is 0 Å². The topological polar surface area (TPSA) is 111 Å². The van der Waals surface area contributed by atoms with E-state index in [9.17, 15) is 9.90 Å². The quantitative estimate of drug-likeness (QED) is 0.437. The van der Waals surface area contributed by atoms with Gasteiger partial charge in [0.15, 0.2) is 5.76 Å². The molecule has 9 heteroatoms. The minimum atomic E-state index is -0.670. The third-order valence-corrected chi connectivity index (χ3v) is 4.62. The van der Waals surface area contributed by atoms with E-state index in [4.69, 9.17) is 23.4 Å². The molecule has 3 N–H and O–H groups in total. The molecule has 0 aliphatic carbocycles. The molecule has 0 aliphatic heterocycles. The number of furan rings is 1. The second-order valence-corrected chi connectivity index (χ2v) is 6.73. The van der Waals surface area contributed by atoms with Gasteiger partial charge in [-0.25, -0.2) is 0 Å². The smallest absolute Gasteiger partial charge is 0.291 e. The van der Waals surface area contributed by atoms with Gasteiger partial charge in [-0.05, 0) is 30.8 Å². The Morgan fingerprint density at radius 1 is 1.00 bits per heavy atom. The average molecular weight is 442 g/mol. The van der Waals surface area contributed by atoms with Crippen molar-refractivity contribution < 1.29 is 33.3 Å². The number of rotatable bonds is 10. The summed E-state index contributed by atoms with van der Waals surface area (Å²) in [5.41, 5.74) is 1.03. The zero-order valence-electron chi connectivity index (χ0n) is 18.3. The summed E-state index contributed by atoms with van der Waals surface area (Å²) in [6.45, 7) is 0.410. The van der Waals surface area contributed by atoms with Gasteiger partial charge >= 0.3 is 0 Å². The molecule has 3 rings (SSSR count). The van der Waals surface area contributed by atoms with Crippen molar-refractivity contribution in [1.82, 2.24) is 5.32 Å². The molecule has 0 spiro atoms. The van der Waals surface area contributed by atoms with Crippen LogP contribution in [-0.4, -0.2) is 45.9 Å². The van der Waals surface area contributed by atoms with Crippen molar-refractivity contribution in [3.05, 3.63) is 59.9 Å². The largest absolute Gasteiger partial charge is 0.496 e. The van der Waals surface area contributed by atoms with Gasteiger partial charge in [0.2, 0.25) is 0 Å². The summed E-state index contributed by atoms with van der Waals surface area (Å²) >= 11 is 0. The van der Waals surface area contributed by atoms with E-state index in [1.807, 2.05) is 0 Å². The predicted molar refractivity (Wildman–Crippen MR) is 118 cm³/mol. The molecule has 9 nitrogen and oxygen atoms in total. The highest BCUT2D eigenvalue weighted by atomic mass is 16.6. The van der Waals surface area contributed by atoms with Gasteiger partial charge in [-0.3, -0.25) is 4.79 Å². The summed E-state index contributed by atoms with van der Waals surface area (Å²) in [6, 6.07) is 13.3. The number of anilines is 1. The second-order valence-electron chi connectivity index (χ2n) is 6.73. The molecule has 1 atom stereocenters. The van der Waals surface area contributed by atoms with Crippen LogP contribution in [0.1, 0.15) is 22.2 Å². The first-order valence-corrected chi connectivity index (χ1v) is 9.80. The maximum atomic E-state index is 12.7. The number of hydrogen-bond acceptors (Lipinski definition) is 8. The predicted octanol–water partition coefficient (Wildman–Crippen LogP) is 3.60. The Hall–Kier alpha value is -3.69. The summed E-state index contributed by atoms with van der Waals surface area (Å²) in [4.78, 5) is 12.7. The zero-order chi connectivity index (χ0) is 23.1. The van der Waals surface area contributed by atoms with Gasteiger partial charge < -0.3 is 39.1 Å². The number of aliphatic hydroxyl groups is 1. The lowest BCUT2D eigenvalue weighted by molar-refractivity contribution is 0.0991. The Morgan fingerprint density at radius 2 is 1.72 bits per heavy atom. The van der Waals surface area contributed by atoms with E-state index in [0.29, 0.717) is 40.8 Å². The summed E-state index contributed by atoms with van der Waals surface area (Å²) in [5.74, 6) is 1.38. The van der Waals surface area contributed by atoms with Crippen LogP contribution < -0.4 is 29.6 Å². The fourth-order valence-electron chi connectivity index (χ4n) is 3.01. The highest BCUT2D eigenvalue weighted by Gasteiger charge is 2.19. The van der Waals surface area contributed by atoms with Gasteiger partial charge in [0.05, 0.1) is 27.4 Å². The van der Waals surface area contributed by atoms with Gasteiger partial charge in [0, 0.05) is 24.7 Å². The minimum Gasteiger partial charge on any atom is -0.496 e. The molecule has 3 aromatic rings. The van der Waals surface area contributed by atoms with Crippen molar-refractivity contribution >= 4 is 11.6 Å². The van der Waals surface area contributed by atoms with Crippen LogP contribution in [0.25, 0.3) is 0 Å². The van der Waals surface area contributed by atoms with Crippen LogP contribution in [-0.2, 0) is 0 Å². The molecular weight excluding hydrogens is 416 g/mol. The van der Waals surface area contributed by atoms with Crippen LogP contribution in [0.5, 0.6) is 28.9 Å². The Balaban J connectivity index is 1.75. The van der Waals surface area contributed by atoms with Crippen molar-refractivity contribution in [1.29, 1.82) is 0 Å². The van der Waals surface area contributed by atoms with Crippen molar-refractivity contribution in [2.75, 3.05) is 40.2 Å². The number of likely N-dealkylation sites (N-methyl/N-ethyl adjacent to an activating group) is 1. The maximum absolute atomic E-state index is 12.7. The van der Waals surface area contributed by atoms with Crippen LogP contribution in [0, 0.1) is 0 Å². The lowest BCUT2D eigenvalue weighted by Gasteiger charge is -2.15. The SMILES string of the molecule is CNC[C@@H](O)c1cccc(Oc2ccc(C(=O)Nc3c(OC)cc(OC)cc3OC)o2)c1. The molecule has 1 amide bonds. The lowest BCUT2D eigenvalue weighted by atomic mass is 10.1. The van der Waals surface area contributed by atoms with Gasteiger partial charge in [-0.2, -0.15) is 0 Å². The van der Waals surface area contributed by atoms with Crippen LogP contribution in [0.4, 0.5) is 5.69 Å². The Bertz CT molecular complexity index is 1040. The van der Waals surface area contributed by atoms with Crippen molar-refractivity contribution in [2.24, 2.45) is 0 Å². The molecule has 32 heavy (non-hydrogen) atoms. The standard InChI is InChI=1S/C23H26N2O7/c1-24-13-17(26)14-6-5-7-15(10-14)31-21-9-8-18(32-21)23(27)25-22-19(29-3)11-16(28-2)12-20(22)30-4/h5-12,17,24,26H,13H2,1-4H3,(H,25,27)/t17-/m1/s1. The Kier molecular flexibility index (Phi) is 7.58. The number of benzene rings is 2. The highest BCUT2D eigenvalue weighted by Crippen LogP contribution is 2.39. The third kappa shape index (κ3) is 5.32. The number of carbonyl (C=O) groups is 1. The van der Waals surface area contributed by atoms with E-state index in [0.717, 1.165) is 0 Å². The van der Waals surface area contributed by atoms with Gasteiger partial charge in [0.25, 0.3) is 11.9 Å². The fourth-order valence-corrected chi connectivity index (χ4v) is 3.01. The molecule has 0 bridgehead atoms. The normalized spacial score (nSPS) is 11.5. The van der Waals surface area contributed by atoms with Crippen molar-refractivity contribution in [3.63, 3.8) is 0 Å². The van der Waals surface area contributed by atoms with Crippen molar-refractivity contribution in [2.45, 2.75) is 6.10 Å². The fraction of sp³-hybridized carbons (Fsp3) is 0.261. The molecule has 0 fully saturated rings. The molecule has 0 saturated heterocycles. The first-order valence-electron chi connectivity index (χ1n) is 9.80. The summed E-state index contributed by atoms with van der Waals surface area (Å²) in [5, 5.41) is 15.8. The highest BCUT2D eigenvalue weighted by molar-refractivity contribution is 6.04. The molecular formula is C23H26N2O7. The molecule has 2 aromatic carbocycles. The minimum absolute atomic E-state index is 0.0336. The number of amides is 1. The van der Waals surface area contributed by atoms with Crippen LogP contribution >= 0.6 is 0 Å². The number of carbonyl (C=O) groups excluding carboxylic acids is 1. The molecule has 1 aromatic heterocycles. The summed E-state index contributed by atoms with van der Waals surface area (Å²) in [7, 11) is 6.23. The zero-order valence-corrected chi connectivity index (χ0v) is 18.3. The van der Waals surface area contributed by atoms with Crippen LogP contribution in [0.15, 0.2) is 52.9 Å². The average Bonchev–Trinajstić information content (AvgIpc) is 3.28. The Labute approximate surface area is 185 Å². The van der Waals surface area contributed by atoms with Gasteiger partial charge in [0.1, 0.15) is 28.7 Å². The number of hydrogen-bond donors (Lipinski definition) is 3. The molecule has 0 radical (unpaired) electrons. The Morgan fingerprint density at radius 3 is 2.34 bits per heavy atom. The molecule has 1 heterocycles. The molecule has 170 valence electrons. The van der Waals surface area contributed by atoms with E-state index < -0.39 is 12.0 Å². The van der Waals surface area contributed by atoms with E-state index in [1.165, 1.54) is 33.5 Å². The maximum Gasteiger partial charge on any atom is 0.291 e. The number of aliphatic hydroxyl groups excluding tert-OH is 1. The number of nitrogens with one attached hydrogen (secondary N) is 2. The second kappa shape index (κ2) is 10.6. The van der Waals surface area contributed by atoms with Gasteiger partial charge in [-0.15, -0.1) is 0 Å². The first-order chi connectivity index (χ1) is 15.5. The van der Waals surface area contributed by atoms with Gasteiger partial charge in [-0.1, -0.05) is 12.1 Å². The van der Waals surface area contributed by atoms with Crippen LogP contribution in [0.3, 0.4) is 0 Å². The van der Waals surface area contributed by atoms with E-state index in [2.05, 4.69) is 10.6 Å². The molecule has 0 saturated carbocycles. The monoisotopic (exact) mass is 442 g/mol. The third-order valence-electron chi connectivity index (χ3n) is 4.62. The lowest BCUT2D eigenvalue weighted by Crippen LogP contribution is -2.16.